The number of benzene rings is 1. The minimum atomic E-state index is -0.660. The minimum absolute atomic E-state index is 0.171. The fourth-order valence-electron chi connectivity index (χ4n) is 4.58. The van der Waals surface area contributed by atoms with Crippen molar-refractivity contribution in [2.75, 3.05) is 55.0 Å². The maximum Gasteiger partial charge on any atom is 0.277 e. The van der Waals surface area contributed by atoms with Gasteiger partial charge < -0.3 is 24.4 Å². The monoisotopic (exact) mass is 546 g/mol. The van der Waals surface area contributed by atoms with Crippen LogP contribution < -0.4 is 20.6 Å². The summed E-state index contributed by atoms with van der Waals surface area (Å²) in [6.07, 6.45) is 4.72. The first-order chi connectivity index (χ1) is 19.5. The Balaban J connectivity index is 1.55. The van der Waals surface area contributed by atoms with Gasteiger partial charge in [-0.25, -0.2) is 30.4 Å². The number of hydrogen-bond donors (Lipinski definition) is 3. The lowest BCUT2D eigenvalue weighted by Crippen LogP contribution is -2.37. The average Bonchev–Trinajstić information content (AvgIpc) is 3.33. The number of carbonyl (C=O) groups excluding carboxylic acids is 1. The van der Waals surface area contributed by atoms with E-state index in [4.69, 9.17) is 24.9 Å². The average molecular weight is 547 g/mol. The molecule has 4 heterocycles. The quantitative estimate of drug-likeness (QED) is 0.199. The maximum atomic E-state index is 11.7. The van der Waals surface area contributed by atoms with Gasteiger partial charge in [0, 0.05) is 57.4 Å². The first kappa shape index (κ1) is 27.2. The molecule has 1 fully saturated rings. The number of rotatable bonds is 10. The molecule has 0 bridgehead atoms. The molecule has 1 aliphatic heterocycles. The Kier molecular flexibility index (Phi) is 8.31. The number of amides is 1. The van der Waals surface area contributed by atoms with Crippen LogP contribution >= 0.6 is 0 Å². The Morgan fingerprint density at radius 2 is 1.82 bits per heavy atom. The van der Waals surface area contributed by atoms with E-state index < -0.39 is 5.91 Å². The van der Waals surface area contributed by atoms with Gasteiger partial charge in [-0.2, -0.15) is 0 Å². The van der Waals surface area contributed by atoms with Crippen molar-refractivity contribution < 1.29 is 14.7 Å². The summed E-state index contributed by atoms with van der Waals surface area (Å²) in [5.74, 6) is 2.03. The predicted octanol–water partition coefficient (Wildman–Crippen LogP) is 2.62. The molecule has 3 N–H and O–H groups in total. The van der Waals surface area contributed by atoms with Gasteiger partial charge in [-0.1, -0.05) is 13.3 Å². The van der Waals surface area contributed by atoms with Gasteiger partial charge in [0.25, 0.3) is 5.91 Å². The smallest absolute Gasteiger partial charge is 0.277 e. The van der Waals surface area contributed by atoms with Crippen LogP contribution in [0.2, 0.25) is 0 Å². The third kappa shape index (κ3) is 5.65. The highest BCUT2D eigenvalue weighted by Crippen LogP contribution is 2.29. The van der Waals surface area contributed by atoms with Gasteiger partial charge >= 0.3 is 0 Å². The second-order valence-electron chi connectivity index (χ2n) is 9.54. The molecule has 0 unspecified atom stereocenters. The molecule has 0 aliphatic carbocycles. The van der Waals surface area contributed by atoms with Crippen LogP contribution in [0.25, 0.3) is 22.6 Å². The summed E-state index contributed by atoms with van der Waals surface area (Å²) >= 11 is 0. The largest absolute Gasteiger partial charge is 0.388 e. The molecular weight excluding hydrogens is 512 g/mol. The number of hydrogen-bond acceptors (Lipinski definition) is 11. The second-order valence-corrected chi connectivity index (χ2v) is 9.54. The van der Waals surface area contributed by atoms with Crippen molar-refractivity contribution in [2.24, 2.45) is 7.05 Å². The lowest BCUT2D eigenvalue weighted by Gasteiger charge is -2.28. The van der Waals surface area contributed by atoms with Crippen molar-refractivity contribution in [1.82, 2.24) is 35.0 Å². The summed E-state index contributed by atoms with van der Waals surface area (Å²) in [4.78, 5) is 39.7. The van der Waals surface area contributed by atoms with Crippen LogP contribution in [0.4, 0.5) is 17.5 Å². The number of aromatic nitrogens is 6. The van der Waals surface area contributed by atoms with Crippen LogP contribution in [-0.4, -0.2) is 80.5 Å². The van der Waals surface area contributed by atoms with Gasteiger partial charge in [0.05, 0.1) is 25.3 Å². The summed E-state index contributed by atoms with van der Waals surface area (Å²) in [7, 11) is 3.85. The lowest BCUT2D eigenvalue weighted by molar-refractivity contribution is 0.0705. The molecule has 0 spiro atoms. The third-order valence-corrected chi connectivity index (χ3v) is 6.93. The van der Waals surface area contributed by atoms with Crippen molar-refractivity contribution >= 4 is 34.5 Å². The number of nitrogens with one attached hydrogen (secondary N) is 2. The highest BCUT2D eigenvalue weighted by atomic mass is 16.5. The van der Waals surface area contributed by atoms with Crippen LogP contribution in [0.15, 0.2) is 36.7 Å². The van der Waals surface area contributed by atoms with E-state index in [0.29, 0.717) is 38.1 Å². The Labute approximate surface area is 232 Å². The van der Waals surface area contributed by atoms with Crippen molar-refractivity contribution in [3.63, 3.8) is 0 Å². The minimum Gasteiger partial charge on any atom is -0.388 e. The molecule has 13 heteroatoms. The van der Waals surface area contributed by atoms with E-state index in [1.54, 1.807) is 5.48 Å². The highest BCUT2D eigenvalue weighted by Gasteiger charge is 2.24. The topological polar surface area (TPSA) is 146 Å². The molecule has 4 aromatic rings. The van der Waals surface area contributed by atoms with Gasteiger partial charge in [-0.05, 0) is 30.7 Å². The number of hydroxylamine groups is 1. The predicted molar refractivity (Wildman–Crippen MR) is 152 cm³/mol. The van der Waals surface area contributed by atoms with Crippen molar-refractivity contribution in [3.05, 3.63) is 48.0 Å². The Hall–Kier alpha value is -4.36. The van der Waals surface area contributed by atoms with Crippen LogP contribution in [0, 0.1) is 0 Å². The third-order valence-electron chi connectivity index (χ3n) is 6.93. The zero-order valence-corrected chi connectivity index (χ0v) is 23.0. The fraction of sp³-hybridized carbons (Fsp3) is 0.407. The molecule has 0 radical (unpaired) electrons. The second kappa shape index (κ2) is 12.2. The molecule has 1 amide bonds. The number of fused-ring (bicyclic) bond motifs is 1. The van der Waals surface area contributed by atoms with Gasteiger partial charge in [0.2, 0.25) is 5.95 Å². The summed E-state index contributed by atoms with van der Waals surface area (Å²) in [5.41, 5.74) is 5.19. The number of morpholine rings is 1. The highest BCUT2D eigenvalue weighted by molar-refractivity contribution is 5.92. The van der Waals surface area contributed by atoms with E-state index in [2.05, 4.69) is 27.1 Å². The number of nitrogens with zero attached hydrogens (tertiary/aromatic N) is 8. The Bertz CT molecular complexity index is 1450. The molecular formula is C27H34N10O3. The van der Waals surface area contributed by atoms with Gasteiger partial charge in [-0.15, -0.1) is 0 Å². The van der Waals surface area contributed by atoms with E-state index in [0.717, 1.165) is 60.0 Å². The molecule has 1 saturated heterocycles. The van der Waals surface area contributed by atoms with Crippen molar-refractivity contribution in [2.45, 2.75) is 26.3 Å². The van der Waals surface area contributed by atoms with E-state index in [1.165, 1.54) is 12.4 Å². The van der Waals surface area contributed by atoms with Crippen LogP contribution in [0.5, 0.6) is 0 Å². The van der Waals surface area contributed by atoms with Crippen molar-refractivity contribution in [1.29, 1.82) is 0 Å². The molecule has 1 aromatic carbocycles. The van der Waals surface area contributed by atoms with Crippen LogP contribution in [0.3, 0.4) is 0 Å². The van der Waals surface area contributed by atoms with Crippen molar-refractivity contribution in [3.8, 4) is 11.4 Å². The molecule has 1 aliphatic rings. The molecule has 0 atom stereocenters. The number of carbonyl (C=O) groups is 1. The molecule has 40 heavy (non-hydrogen) atoms. The molecule has 3 aromatic heterocycles. The first-order valence-corrected chi connectivity index (χ1v) is 13.4. The first-order valence-electron chi connectivity index (χ1n) is 13.4. The summed E-state index contributed by atoms with van der Waals surface area (Å²) in [6.45, 7) is 5.97. The van der Waals surface area contributed by atoms with E-state index in [9.17, 15) is 4.79 Å². The van der Waals surface area contributed by atoms with Gasteiger partial charge in [-0.3, -0.25) is 10.0 Å². The van der Waals surface area contributed by atoms with E-state index >= 15 is 0 Å². The number of imidazole rings is 1. The summed E-state index contributed by atoms with van der Waals surface area (Å²) in [6, 6.07) is 8.04. The molecule has 5 rings (SSSR count). The lowest BCUT2D eigenvalue weighted by atomic mass is 10.2. The summed E-state index contributed by atoms with van der Waals surface area (Å²) in [5, 5.41) is 12.1. The Morgan fingerprint density at radius 3 is 2.48 bits per heavy atom. The number of anilines is 3. The standard InChI is InChI=1S/C27H34N10O3/c1-4-5-10-37(27-29-15-19(16-30-27)26(38)34-39)17-21-31-22-24(35(21)3)32-23(18-6-8-20(28-2)9-7-18)33-25(22)36-11-13-40-14-12-36/h6-9,15-16,28,39H,4-5,10-14,17H2,1-3H3,(H,34,38). The number of unbranched alkanes of at least 4 members (excludes halogenated alkanes) is 1. The van der Waals surface area contributed by atoms with E-state index in [-0.39, 0.29) is 5.56 Å². The number of ether oxygens (including phenoxy) is 1. The molecule has 210 valence electrons. The van der Waals surface area contributed by atoms with Gasteiger partial charge in [0.15, 0.2) is 22.8 Å². The van der Waals surface area contributed by atoms with Crippen LogP contribution in [-0.2, 0) is 18.3 Å². The van der Waals surface area contributed by atoms with E-state index in [1.807, 2.05) is 47.8 Å². The SMILES string of the molecule is CCCCN(Cc1nc2c(N3CCOCC3)nc(-c3ccc(NC)cc3)nc2n1C)c1ncc(C(=O)NO)cn1. The molecule has 0 saturated carbocycles. The summed E-state index contributed by atoms with van der Waals surface area (Å²) < 4.78 is 7.59. The fourth-order valence-corrected chi connectivity index (χ4v) is 4.58. The Morgan fingerprint density at radius 1 is 1.10 bits per heavy atom. The normalized spacial score (nSPS) is 13.4. The zero-order chi connectivity index (χ0) is 28.1. The number of aryl methyl sites for hydroxylation is 1. The van der Waals surface area contributed by atoms with Crippen LogP contribution in [0.1, 0.15) is 35.9 Å². The molecule has 13 nitrogen and oxygen atoms in total. The maximum absolute atomic E-state index is 11.7. The zero-order valence-electron chi connectivity index (χ0n) is 23.0. The van der Waals surface area contributed by atoms with Gasteiger partial charge in [0.1, 0.15) is 5.82 Å².